The first kappa shape index (κ1) is 22.7. The Balaban J connectivity index is 1.99. The first-order valence-electron chi connectivity index (χ1n) is 9.98. The molecule has 29 heavy (non-hydrogen) atoms. The van der Waals surface area contributed by atoms with Gasteiger partial charge in [-0.25, -0.2) is 9.59 Å². The summed E-state index contributed by atoms with van der Waals surface area (Å²) < 4.78 is 10.0. The van der Waals surface area contributed by atoms with Gasteiger partial charge in [-0.1, -0.05) is 24.3 Å². The molecule has 0 aliphatic heterocycles. The standard InChI is InChI=1S/C22H31NO6/c1-22(2,3)29-21(27)23-18(20(26)28-4)13-14-5-7-15(8-6-14)16-9-11-17(12-10-16)19(24)25/h5-8,16-18H,9-13H2,1-4H3,(H,23,27)(H,24,25)/t16?,17?,18-/m0/s1. The Kier molecular flexibility index (Phi) is 7.65. The van der Waals surface area contributed by atoms with Crippen LogP contribution in [0.15, 0.2) is 24.3 Å². The second-order valence-electron chi connectivity index (χ2n) is 8.55. The van der Waals surface area contributed by atoms with Gasteiger partial charge in [0.1, 0.15) is 11.6 Å². The first-order valence-corrected chi connectivity index (χ1v) is 9.98. The van der Waals surface area contributed by atoms with E-state index >= 15 is 0 Å². The molecule has 1 aromatic carbocycles. The van der Waals surface area contributed by atoms with Crippen LogP contribution in [0.1, 0.15) is 63.5 Å². The molecule has 0 bridgehead atoms. The summed E-state index contributed by atoms with van der Waals surface area (Å²) in [6.07, 6.45) is 2.75. The van der Waals surface area contributed by atoms with Crippen LogP contribution < -0.4 is 5.32 Å². The van der Waals surface area contributed by atoms with E-state index < -0.39 is 29.7 Å². The number of alkyl carbamates (subject to hydrolysis) is 1. The van der Waals surface area contributed by atoms with Gasteiger partial charge >= 0.3 is 18.0 Å². The number of hydrogen-bond donors (Lipinski definition) is 2. The van der Waals surface area contributed by atoms with Gasteiger partial charge in [0, 0.05) is 6.42 Å². The Morgan fingerprint density at radius 2 is 1.69 bits per heavy atom. The Bertz CT molecular complexity index is 714. The predicted octanol–water partition coefficient (Wildman–Crippen LogP) is 3.65. The molecule has 2 rings (SSSR count). The summed E-state index contributed by atoms with van der Waals surface area (Å²) >= 11 is 0. The van der Waals surface area contributed by atoms with E-state index in [9.17, 15) is 14.4 Å². The van der Waals surface area contributed by atoms with Crippen molar-refractivity contribution in [2.24, 2.45) is 5.92 Å². The van der Waals surface area contributed by atoms with Gasteiger partial charge in [-0.2, -0.15) is 0 Å². The van der Waals surface area contributed by atoms with E-state index in [-0.39, 0.29) is 12.3 Å². The van der Waals surface area contributed by atoms with Gasteiger partial charge in [-0.15, -0.1) is 0 Å². The molecule has 0 radical (unpaired) electrons. The number of methoxy groups -OCH3 is 1. The van der Waals surface area contributed by atoms with Crippen molar-refractivity contribution in [3.63, 3.8) is 0 Å². The number of carboxylic acid groups (broad SMARTS) is 1. The molecular formula is C22H31NO6. The van der Waals surface area contributed by atoms with Crippen LogP contribution in [0.4, 0.5) is 4.79 Å². The molecule has 1 atom stereocenters. The van der Waals surface area contributed by atoms with Crippen LogP contribution in [0.3, 0.4) is 0 Å². The normalized spacial score (nSPS) is 20.4. The van der Waals surface area contributed by atoms with Crippen molar-refractivity contribution in [2.45, 2.75) is 70.4 Å². The fourth-order valence-electron chi connectivity index (χ4n) is 3.62. The molecule has 0 unspecified atom stereocenters. The summed E-state index contributed by atoms with van der Waals surface area (Å²) in [7, 11) is 1.28. The lowest BCUT2D eigenvalue weighted by Gasteiger charge is -2.26. The lowest BCUT2D eigenvalue weighted by atomic mass is 9.78. The maximum atomic E-state index is 12.1. The Hall–Kier alpha value is -2.57. The monoisotopic (exact) mass is 405 g/mol. The van der Waals surface area contributed by atoms with Crippen molar-refractivity contribution in [2.75, 3.05) is 7.11 Å². The highest BCUT2D eigenvalue weighted by atomic mass is 16.6. The third-order valence-corrected chi connectivity index (χ3v) is 5.14. The second kappa shape index (κ2) is 9.76. The van der Waals surface area contributed by atoms with Crippen LogP contribution in [0.5, 0.6) is 0 Å². The van der Waals surface area contributed by atoms with Gasteiger partial charge in [0.05, 0.1) is 13.0 Å². The van der Waals surface area contributed by atoms with Crippen LogP contribution in [-0.4, -0.2) is 41.9 Å². The van der Waals surface area contributed by atoms with Crippen LogP contribution in [-0.2, 0) is 25.5 Å². The fraction of sp³-hybridized carbons (Fsp3) is 0.591. The topological polar surface area (TPSA) is 102 Å². The highest BCUT2D eigenvalue weighted by Gasteiger charge is 2.27. The van der Waals surface area contributed by atoms with Gasteiger partial charge in [-0.05, 0) is 63.5 Å². The SMILES string of the molecule is COC(=O)[C@H](Cc1ccc(C2CCC(C(=O)O)CC2)cc1)NC(=O)OC(C)(C)C. The largest absolute Gasteiger partial charge is 0.481 e. The average molecular weight is 405 g/mol. The summed E-state index contributed by atoms with van der Waals surface area (Å²) in [5.41, 5.74) is 1.40. The molecule has 1 aliphatic carbocycles. The molecule has 0 aromatic heterocycles. The summed E-state index contributed by atoms with van der Waals surface area (Å²) in [5, 5.41) is 11.7. The van der Waals surface area contributed by atoms with Crippen molar-refractivity contribution in [1.82, 2.24) is 5.32 Å². The number of carboxylic acids is 1. The number of carbonyl (C=O) groups is 3. The third-order valence-electron chi connectivity index (χ3n) is 5.14. The number of rotatable bonds is 6. The van der Waals surface area contributed by atoms with E-state index in [1.54, 1.807) is 20.8 Å². The average Bonchev–Trinajstić information content (AvgIpc) is 2.66. The molecule has 0 heterocycles. The number of amides is 1. The van der Waals surface area contributed by atoms with E-state index in [1.807, 2.05) is 24.3 Å². The zero-order valence-corrected chi connectivity index (χ0v) is 17.6. The number of ether oxygens (including phenoxy) is 2. The fourth-order valence-corrected chi connectivity index (χ4v) is 3.62. The molecule has 1 fully saturated rings. The molecule has 0 spiro atoms. The summed E-state index contributed by atoms with van der Waals surface area (Å²) in [4.78, 5) is 35.2. The molecule has 7 heteroatoms. The molecule has 1 aromatic rings. The number of benzene rings is 1. The van der Waals surface area contributed by atoms with E-state index in [2.05, 4.69) is 5.32 Å². The third kappa shape index (κ3) is 7.07. The van der Waals surface area contributed by atoms with Crippen LogP contribution >= 0.6 is 0 Å². The minimum absolute atomic E-state index is 0.231. The number of nitrogens with one attached hydrogen (secondary N) is 1. The highest BCUT2D eigenvalue weighted by Crippen LogP contribution is 2.35. The van der Waals surface area contributed by atoms with Gasteiger partial charge < -0.3 is 19.9 Å². The highest BCUT2D eigenvalue weighted by molar-refractivity contribution is 5.81. The van der Waals surface area contributed by atoms with E-state index in [1.165, 1.54) is 12.7 Å². The molecule has 1 aliphatic rings. The van der Waals surface area contributed by atoms with E-state index in [0.717, 1.165) is 18.4 Å². The van der Waals surface area contributed by atoms with Crippen molar-refractivity contribution in [3.8, 4) is 0 Å². The van der Waals surface area contributed by atoms with Crippen molar-refractivity contribution in [1.29, 1.82) is 0 Å². The molecule has 1 amide bonds. The maximum Gasteiger partial charge on any atom is 0.408 e. The minimum atomic E-state index is -0.841. The molecule has 160 valence electrons. The summed E-state index contributed by atoms with van der Waals surface area (Å²) in [6, 6.07) is 7.06. The van der Waals surface area contributed by atoms with Crippen molar-refractivity contribution < 1.29 is 29.0 Å². The van der Waals surface area contributed by atoms with E-state index in [4.69, 9.17) is 14.6 Å². The minimum Gasteiger partial charge on any atom is -0.481 e. The van der Waals surface area contributed by atoms with Crippen LogP contribution in [0.25, 0.3) is 0 Å². The van der Waals surface area contributed by atoms with Gasteiger partial charge in [0.25, 0.3) is 0 Å². The summed E-state index contributed by atoms with van der Waals surface area (Å²) in [6.45, 7) is 5.26. The van der Waals surface area contributed by atoms with E-state index in [0.29, 0.717) is 18.8 Å². The van der Waals surface area contributed by atoms with Crippen molar-refractivity contribution >= 4 is 18.0 Å². The first-order chi connectivity index (χ1) is 13.6. The molecule has 1 saturated carbocycles. The number of esters is 1. The van der Waals surface area contributed by atoms with Crippen LogP contribution in [0.2, 0.25) is 0 Å². The number of hydrogen-bond acceptors (Lipinski definition) is 5. The Morgan fingerprint density at radius 1 is 1.10 bits per heavy atom. The lowest BCUT2D eigenvalue weighted by Crippen LogP contribution is -2.45. The van der Waals surface area contributed by atoms with Gasteiger partial charge in [-0.3, -0.25) is 4.79 Å². The predicted molar refractivity (Wildman–Crippen MR) is 108 cm³/mol. The molecular weight excluding hydrogens is 374 g/mol. The van der Waals surface area contributed by atoms with Gasteiger partial charge in [0.15, 0.2) is 0 Å². The number of carbonyl (C=O) groups excluding carboxylic acids is 2. The quantitative estimate of drug-likeness (QED) is 0.701. The smallest absolute Gasteiger partial charge is 0.408 e. The molecule has 7 nitrogen and oxygen atoms in total. The maximum absolute atomic E-state index is 12.1. The second-order valence-corrected chi connectivity index (χ2v) is 8.55. The Morgan fingerprint density at radius 3 is 2.17 bits per heavy atom. The van der Waals surface area contributed by atoms with Gasteiger partial charge in [0.2, 0.25) is 0 Å². The lowest BCUT2D eigenvalue weighted by molar-refractivity contribution is -0.143. The zero-order chi connectivity index (χ0) is 21.6. The Labute approximate surface area is 171 Å². The zero-order valence-electron chi connectivity index (χ0n) is 17.6. The molecule has 0 saturated heterocycles. The van der Waals surface area contributed by atoms with Crippen LogP contribution in [0, 0.1) is 5.92 Å². The number of aliphatic carboxylic acids is 1. The molecule has 2 N–H and O–H groups in total. The van der Waals surface area contributed by atoms with Crippen molar-refractivity contribution in [3.05, 3.63) is 35.4 Å². The summed E-state index contributed by atoms with van der Waals surface area (Å²) in [5.74, 6) is -1.11.